The fourth-order valence-electron chi connectivity index (χ4n) is 2.96. The molecule has 0 spiro atoms. The third kappa shape index (κ3) is 4.16. The van der Waals surface area contributed by atoms with Gasteiger partial charge in [-0.2, -0.15) is 0 Å². The zero-order valence-electron chi connectivity index (χ0n) is 15.4. The molecule has 2 heterocycles. The summed E-state index contributed by atoms with van der Waals surface area (Å²) in [4.78, 5) is 17.0. The highest BCUT2D eigenvalue weighted by molar-refractivity contribution is 7.09. The summed E-state index contributed by atoms with van der Waals surface area (Å²) in [6.45, 7) is 0.750. The summed E-state index contributed by atoms with van der Waals surface area (Å²) in [6, 6.07) is 14.7. The number of ether oxygens (including phenoxy) is 3. The number of para-hydroxylation sites is 1. The molecule has 4 rings (SSSR count). The van der Waals surface area contributed by atoms with Crippen molar-refractivity contribution in [2.24, 2.45) is 0 Å². The molecule has 144 valence electrons. The number of thiazole rings is 1. The average Bonchev–Trinajstić information content (AvgIpc) is 3.41. The van der Waals surface area contributed by atoms with Crippen molar-refractivity contribution in [2.45, 2.75) is 18.9 Å². The smallest absolute Gasteiger partial charge is 0.275 e. The van der Waals surface area contributed by atoms with E-state index < -0.39 is 0 Å². The molecule has 7 heteroatoms. The van der Waals surface area contributed by atoms with Crippen LogP contribution in [0.1, 0.15) is 34.4 Å². The van der Waals surface area contributed by atoms with Crippen LogP contribution in [0.3, 0.4) is 0 Å². The van der Waals surface area contributed by atoms with Crippen molar-refractivity contribution in [3.8, 4) is 17.2 Å². The molecule has 1 atom stereocenters. The maximum absolute atomic E-state index is 12.6. The lowest BCUT2D eigenvalue weighted by molar-refractivity contribution is 0.101. The number of rotatable bonds is 6. The molecule has 1 aromatic heterocycles. The predicted octanol–water partition coefficient (Wildman–Crippen LogP) is 5.05. The first kappa shape index (κ1) is 18.5. The number of nitrogens with zero attached hydrogens (tertiary/aromatic N) is 1. The van der Waals surface area contributed by atoms with Crippen LogP contribution in [0.4, 0.5) is 5.69 Å². The van der Waals surface area contributed by atoms with Crippen LogP contribution in [0.25, 0.3) is 0 Å². The topological polar surface area (TPSA) is 69.7 Å². The largest absolute Gasteiger partial charge is 0.494 e. The van der Waals surface area contributed by atoms with Gasteiger partial charge in [0, 0.05) is 18.1 Å². The molecule has 1 fully saturated rings. The minimum absolute atomic E-state index is 0.00973. The average molecular weight is 396 g/mol. The van der Waals surface area contributed by atoms with E-state index in [2.05, 4.69) is 10.3 Å². The molecular weight excluding hydrogens is 376 g/mol. The second kappa shape index (κ2) is 8.41. The third-order valence-corrected chi connectivity index (χ3v) is 5.30. The lowest BCUT2D eigenvalue weighted by Crippen LogP contribution is -2.13. The van der Waals surface area contributed by atoms with Crippen LogP contribution in [0.15, 0.2) is 53.9 Å². The summed E-state index contributed by atoms with van der Waals surface area (Å²) in [7, 11) is 1.55. The molecule has 1 amide bonds. The van der Waals surface area contributed by atoms with E-state index in [1.165, 1.54) is 11.3 Å². The van der Waals surface area contributed by atoms with Crippen LogP contribution in [0, 0.1) is 0 Å². The number of hydrogen-bond donors (Lipinski definition) is 1. The van der Waals surface area contributed by atoms with Crippen LogP contribution in [0.2, 0.25) is 0 Å². The van der Waals surface area contributed by atoms with E-state index in [0.717, 1.165) is 30.2 Å². The Bertz CT molecular complexity index is 952. The highest BCUT2D eigenvalue weighted by atomic mass is 32.1. The SMILES string of the molecule is COc1cc(Oc2ccccc2)ccc1NC(=O)c1csc(C2CCCO2)n1. The molecule has 1 aliphatic rings. The van der Waals surface area contributed by atoms with Gasteiger partial charge in [-0.05, 0) is 37.1 Å². The Morgan fingerprint density at radius 1 is 1.21 bits per heavy atom. The molecule has 28 heavy (non-hydrogen) atoms. The molecule has 1 saturated heterocycles. The molecule has 3 aromatic rings. The van der Waals surface area contributed by atoms with Crippen molar-refractivity contribution < 1.29 is 19.0 Å². The standard InChI is InChI=1S/C21H20N2O4S/c1-25-19-12-15(27-14-6-3-2-4-7-14)9-10-16(19)22-20(24)17-13-28-21(23-17)18-8-5-11-26-18/h2-4,6-7,9-10,12-13,18H,5,8,11H2,1H3,(H,22,24). The molecule has 0 aliphatic carbocycles. The van der Waals surface area contributed by atoms with E-state index in [-0.39, 0.29) is 12.0 Å². The van der Waals surface area contributed by atoms with E-state index in [1.54, 1.807) is 30.7 Å². The quantitative estimate of drug-likeness (QED) is 0.631. The fourth-order valence-corrected chi connectivity index (χ4v) is 3.84. The number of methoxy groups -OCH3 is 1. The second-order valence-corrected chi connectivity index (χ2v) is 7.19. The minimum Gasteiger partial charge on any atom is -0.494 e. The molecule has 2 aromatic carbocycles. The Labute approximate surface area is 167 Å². The van der Waals surface area contributed by atoms with E-state index in [0.29, 0.717) is 22.9 Å². The summed E-state index contributed by atoms with van der Waals surface area (Å²) in [5, 5.41) is 5.46. The van der Waals surface area contributed by atoms with Gasteiger partial charge in [0.2, 0.25) is 0 Å². The molecule has 0 saturated carbocycles. The lowest BCUT2D eigenvalue weighted by atomic mass is 10.2. The molecule has 1 N–H and O–H groups in total. The maximum atomic E-state index is 12.6. The van der Waals surface area contributed by atoms with Crippen LogP contribution in [-0.2, 0) is 4.74 Å². The summed E-state index contributed by atoms with van der Waals surface area (Å²) >= 11 is 1.45. The number of benzene rings is 2. The first-order valence-electron chi connectivity index (χ1n) is 9.02. The number of aromatic nitrogens is 1. The van der Waals surface area contributed by atoms with Gasteiger partial charge in [-0.25, -0.2) is 4.98 Å². The Hall–Kier alpha value is -2.90. The van der Waals surface area contributed by atoms with Gasteiger partial charge in [-0.1, -0.05) is 18.2 Å². The van der Waals surface area contributed by atoms with Crippen molar-refractivity contribution in [3.63, 3.8) is 0 Å². The van der Waals surface area contributed by atoms with Gasteiger partial charge in [-0.3, -0.25) is 4.79 Å². The van der Waals surface area contributed by atoms with Crippen molar-refractivity contribution >= 4 is 22.9 Å². The maximum Gasteiger partial charge on any atom is 0.275 e. The first-order valence-corrected chi connectivity index (χ1v) is 9.90. The van der Waals surface area contributed by atoms with Crippen molar-refractivity contribution in [3.05, 3.63) is 64.6 Å². The number of carbonyl (C=O) groups excluding carboxylic acids is 1. The van der Waals surface area contributed by atoms with Crippen LogP contribution in [0.5, 0.6) is 17.2 Å². The monoisotopic (exact) mass is 396 g/mol. The molecule has 1 unspecified atom stereocenters. The molecule has 1 aliphatic heterocycles. The van der Waals surface area contributed by atoms with Crippen molar-refractivity contribution in [1.29, 1.82) is 0 Å². The Morgan fingerprint density at radius 3 is 2.82 bits per heavy atom. The van der Waals surface area contributed by atoms with E-state index in [4.69, 9.17) is 14.2 Å². The molecule has 0 bridgehead atoms. The van der Waals surface area contributed by atoms with E-state index in [1.807, 2.05) is 30.3 Å². The highest BCUT2D eigenvalue weighted by Crippen LogP contribution is 2.33. The fraction of sp³-hybridized carbons (Fsp3) is 0.238. The molecular formula is C21H20N2O4S. The third-order valence-electron chi connectivity index (χ3n) is 4.36. The van der Waals surface area contributed by atoms with Crippen LogP contribution < -0.4 is 14.8 Å². The van der Waals surface area contributed by atoms with Gasteiger partial charge < -0.3 is 19.5 Å². The number of nitrogens with one attached hydrogen (secondary N) is 1. The molecule has 0 radical (unpaired) electrons. The van der Waals surface area contributed by atoms with Gasteiger partial charge in [0.25, 0.3) is 5.91 Å². The number of carbonyl (C=O) groups is 1. The predicted molar refractivity (Wildman–Crippen MR) is 108 cm³/mol. The van der Waals surface area contributed by atoms with Gasteiger partial charge in [-0.15, -0.1) is 11.3 Å². The number of anilines is 1. The zero-order chi connectivity index (χ0) is 19.3. The Kier molecular flexibility index (Phi) is 5.55. The molecule has 6 nitrogen and oxygen atoms in total. The number of amides is 1. The number of hydrogen-bond acceptors (Lipinski definition) is 6. The van der Waals surface area contributed by atoms with Crippen LogP contribution in [-0.4, -0.2) is 24.6 Å². The zero-order valence-corrected chi connectivity index (χ0v) is 16.2. The summed E-state index contributed by atoms with van der Waals surface area (Å²) in [6.07, 6.45) is 1.99. The minimum atomic E-state index is -0.282. The van der Waals surface area contributed by atoms with E-state index >= 15 is 0 Å². The summed E-state index contributed by atoms with van der Waals surface area (Å²) < 4.78 is 16.9. The Balaban J connectivity index is 1.47. The van der Waals surface area contributed by atoms with Crippen molar-refractivity contribution in [1.82, 2.24) is 4.98 Å². The van der Waals surface area contributed by atoms with Crippen LogP contribution >= 0.6 is 11.3 Å². The lowest BCUT2D eigenvalue weighted by Gasteiger charge is -2.12. The van der Waals surface area contributed by atoms with Gasteiger partial charge in [0.15, 0.2) is 0 Å². The Morgan fingerprint density at radius 2 is 2.07 bits per heavy atom. The second-order valence-electron chi connectivity index (χ2n) is 6.30. The van der Waals surface area contributed by atoms with E-state index in [9.17, 15) is 4.79 Å². The summed E-state index contributed by atoms with van der Waals surface area (Å²) in [5.41, 5.74) is 0.932. The van der Waals surface area contributed by atoms with Gasteiger partial charge in [0.05, 0.1) is 12.8 Å². The normalized spacial score (nSPS) is 16.0. The first-order chi connectivity index (χ1) is 13.7. The van der Waals surface area contributed by atoms with Crippen molar-refractivity contribution in [2.75, 3.05) is 19.0 Å². The van der Waals surface area contributed by atoms with Gasteiger partial charge in [0.1, 0.15) is 34.1 Å². The van der Waals surface area contributed by atoms with Gasteiger partial charge >= 0.3 is 0 Å². The summed E-state index contributed by atoms with van der Waals surface area (Å²) in [5.74, 6) is 1.58. The highest BCUT2D eigenvalue weighted by Gasteiger charge is 2.22.